The summed E-state index contributed by atoms with van der Waals surface area (Å²) in [7, 11) is 0. The molecular formula is C11H16N2. The highest BCUT2D eigenvalue weighted by molar-refractivity contribution is 5.17. The smallest absolute Gasteiger partial charge is 0.0447 e. The van der Waals surface area contributed by atoms with E-state index in [4.69, 9.17) is 0 Å². The molecule has 0 spiro atoms. The molecule has 1 aromatic heterocycles. The topological polar surface area (TPSA) is 24.9 Å². The van der Waals surface area contributed by atoms with E-state index in [1.165, 1.54) is 17.7 Å². The second kappa shape index (κ2) is 3.88. The zero-order valence-electron chi connectivity index (χ0n) is 8.09. The van der Waals surface area contributed by atoms with Crippen LogP contribution in [-0.2, 0) is 6.42 Å². The average molecular weight is 176 g/mol. The number of aryl methyl sites for hydroxylation is 1. The molecule has 1 fully saturated rings. The van der Waals surface area contributed by atoms with Gasteiger partial charge in [0.15, 0.2) is 0 Å². The standard InChI is InChI=1S/C11H16N2/c1-2-9-3-4-11(13-7-9)10-5-6-12-8-10/h3-4,7,10,12H,2,5-6,8H2,1H3. The minimum atomic E-state index is 0.644. The van der Waals surface area contributed by atoms with Crippen molar-refractivity contribution in [3.05, 3.63) is 29.6 Å². The molecule has 2 heteroatoms. The Morgan fingerprint density at radius 1 is 1.54 bits per heavy atom. The first-order valence-electron chi connectivity index (χ1n) is 5.05. The maximum atomic E-state index is 4.49. The Labute approximate surface area is 79.4 Å². The number of hydrogen-bond acceptors (Lipinski definition) is 2. The summed E-state index contributed by atoms with van der Waals surface area (Å²) in [5, 5.41) is 3.36. The fraction of sp³-hybridized carbons (Fsp3) is 0.545. The molecule has 0 aromatic carbocycles. The van der Waals surface area contributed by atoms with Crippen LogP contribution in [0, 0.1) is 0 Å². The molecule has 0 saturated carbocycles. The van der Waals surface area contributed by atoms with Gasteiger partial charge in [-0.1, -0.05) is 13.0 Å². The van der Waals surface area contributed by atoms with E-state index in [2.05, 4.69) is 29.4 Å². The highest BCUT2D eigenvalue weighted by Crippen LogP contribution is 2.20. The van der Waals surface area contributed by atoms with Crippen molar-refractivity contribution < 1.29 is 0 Å². The molecule has 2 heterocycles. The quantitative estimate of drug-likeness (QED) is 0.742. The van der Waals surface area contributed by atoms with Crippen molar-refractivity contribution in [2.24, 2.45) is 0 Å². The third-order valence-electron chi connectivity index (χ3n) is 2.73. The van der Waals surface area contributed by atoms with Crippen LogP contribution in [0.15, 0.2) is 18.3 Å². The van der Waals surface area contributed by atoms with Crippen molar-refractivity contribution >= 4 is 0 Å². The molecule has 0 amide bonds. The Morgan fingerprint density at radius 3 is 3.00 bits per heavy atom. The molecule has 1 aliphatic rings. The van der Waals surface area contributed by atoms with Gasteiger partial charge in [0.2, 0.25) is 0 Å². The van der Waals surface area contributed by atoms with Crippen molar-refractivity contribution in [3.8, 4) is 0 Å². The Kier molecular flexibility index (Phi) is 2.60. The number of rotatable bonds is 2. The molecule has 0 aliphatic carbocycles. The lowest BCUT2D eigenvalue weighted by Crippen LogP contribution is -2.08. The van der Waals surface area contributed by atoms with Gasteiger partial charge in [0.25, 0.3) is 0 Å². The van der Waals surface area contributed by atoms with E-state index in [1.54, 1.807) is 0 Å². The largest absolute Gasteiger partial charge is 0.316 e. The second-order valence-corrected chi connectivity index (χ2v) is 3.63. The molecule has 0 radical (unpaired) electrons. The van der Waals surface area contributed by atoms with E-state index < -0.39 is 0 Å². The Hall–Kier alpha value is -0.890. The highest BCUT2D eigenvalue weighted by atomic mass is 14.9. The summed E-state index contributed by atoms with van der Waals surface area (Å²) in [6, 6.07) is 4.37. The zero-order chi connectivity index (χ0) is 9.10. The van der Waals surface area contributed by atoms with Crippen LogP contribution >= 0.6 is 0 Å². The van der Waals surface area contributed by atoms with Crippen LogP contribution in [-0.4, -0.2) is 18.1 Å². The van der Waals surface area contributed by atoms with Gasteiger partial charge in [0, 0.05) is 24.4 Å². The minimum absolute atomic E-state index is 0.644. The van der Waals surface area contributed by atoms with Crippen molar-refractivity contribution in [3.63, 3.8) is 0 Å². The average Bonchev–Trinajstić information content (AvgIpc) is 2.71. The molecule has 1 atom stereocenters. The van der Waals surface area contributed by atoms with Gasteiger partial charge >= 0.3 is 0 Å². The predicted molar refractivity (Wildman–Crippen MR) is 53.8 cm³/mol. The molecular weight excluding hydrogens is 160 g/mol. The molecule has 1 saturated heterocycles. The SMILES string of the molecule is CCc1ccc(C2CCNC2)nc1. The van der Waals surface area contributed by atoms with Gasteiger partial charge in [-0.3, -0.25) is 4.98 Å². The van der Waals surface area contributed by atoms with Crippen LogP contribution < -0.4 is 5.32 Å². The zero-order valence-corrected chi connectivity index (χ0v) is 8.09. The third-order valence-corrected chi connectivity index (χ3v) is 2.73. The lowest BCUT2D eigenvalue weighted by molar-refractivity contribution is 0.733. The first kappa shape index (κ1) is 8.70. The first-order chi connectivity index (χ1) is 6.40. The van der Waals surface area contributed by atoms with Crippen molar-refractivity contribution in [1.82, 2.24) is 10.3 Å². The van der Waals surface area contributed by atoms with Gasteiger partial charge in [0.1, 0.15) is 0 Å². The second-order valence-electron chi connectivity index (χ2n) is 3.63. The number of nitrogens with one attached hydrogen (secondary N) is 1. The molecule has 1 aromatic rings. The summed E-state index contributed by atoms with van der Waals surface area (Å²) >= 11 is 0. The summed E-state index contributed by atoms with van der Waals surface area (Å²) in [4.78, 5) is 4.49. The molecule has 2 nitrogen and oxygen atoms in total. The Balaban J connectivity index is 2.12. The summed E-state index contributed by atoms with van der Waals surface area (Å²) in [6.07, 6.45) is 4.32. The molecule has 70 valence electrons. The van der Waals surface area contributed by atoms with E-state index in [9.17, 15) is 0 Å². The maximum absolute atomic E-state index is 4.49. The number of nitrogens with zero attached hydrogens (tertiary/aromatic N) is 1. The third kappa shape index (κ3) is 1.89. The van der Waals surface area contributed by atoms with Gasteiger partial charge in [-0.25, -0.2) is 0 Å². The van der Waals surface area contributed by atoms with E-state index >= 15 is 0 Å². The predicted octanol–water partition coefficient (Wildman–Crippen LogP) is 1.72. The van der Waals surface area contributed by atoms with E-state index in [1.807, 2.05) is 6.20 Å². The molecule has 1 N–H and O–H groups in total. The van der Waals surface area contributed by atoms with Crippen LogP contribution in [0.5, 0.6) is 0 Å². The normalized spacial score (nSPS) is 22.1. The van der Waals surface area contributed by atoms with E-state index in [0.29, 0.717) is 5.92 Å². The van der Waals surface area contributed by atoms with Crippen LogP contribution in [0.1, 0.15) is 30.5 Å². The van der Waals surface area contributed by atoms with Gasteiger partial charge < -0.3 is 5.32 Å². The molecule has 1 aliphatic heterocycles. The monoisotopic (exact) mass is 176 g/mol. The lowest BCUT2D eigenvalue weighted by atomic mass is 10.0. The van der Waals surface area contributed by atoms with Gasteiger partial charge in [-0.15, -0.1) is 0 Å². The summed E-state index contributed by atoms with van der Waals surface area (Å²) in [5.41, 5.74) is 2.58. The van der Waals surface area contributed by atoms with E-state index in [-0.39, 0.29) is 0 Å². The molecule has 0 bridgehead atoms. The van der Waals surface area contributed by atoms with Gasteiger partial charge in [-0.2, -0.15) is 0 Å². The van der Waals surface area contributed by atoms with Crippen molar-refractivity contribution in [2.75, 3.05) is 13.1 Å². The number of aromatic nitrogens is 1. The molecule has 1 unspecified atom stereocenters. The van der Waals surface area contributed by atoms with Crippen molar-refractivity contribution in [2.45, 2.75) is 25.7 Å². The lowest BCUT2D eigenvalue weighted by Gasteiger charge is -2.07. The summed E-state index contributed by atoms with van der Waals surface area (Å²) in [6.45, 7) is 4.40. The number of hydrogen-bond donors (Lipinski definition) is 1. The molecule has 13 heavy (non-hydrogen) atoms. The fourth-order valence-corrected chi connectivity index (χ4v) is 1.79. The Bertz CT molecular complexity index is 260. The minimum Gasteiger partial charge on any atom is -0.316 e. The highest BCUT2D eigenvalue weighted by Gasteiger charge is 2.17. The van der Waals surface area contributed by atoms with E-state index in [0.717, 1.165) is 19.5 Å². The Morgan fingerprint density at radius 2 is 2.46 bits per heavy atom. The maximum Gasteiger partial charge on any atom is 0.0447 e. The molecule has 2 rings (SSSR count). The van der Waals surface area contributed by atoms with Crippen molar-refractivity contribution in [1.29, 1.82) is 0 Å². The van der Waals surface area contributed by atoms with Crippen LogP contribution in [0.25, 0.3) is 0 Å². The van der Waals surface area contributed by atoms with Crippen LogP contribution in [0.3, 0.4) is 0 Å². The summed E-state index contributed by atoms with van der Waals surface area (Å²) < 4.78 is 0. The van der Waals surface area contributed by atoms with Crippen LogP contribution in [0.2, 0.25) is 0 Å². The van der Waals surface area contributed by atoms with Gasteiger partial charge in [0.05, 0.1) is 0 Å². The van der Waals surface area contributed by atoms with Crippen LogP contribution in [0.4, 0.5) is 0 Å². The summed E-state index contributed by atoms with van der Waals surface area (Å²) in [5.74, 6) is 0.644. The van der Waals surface area contributed by atoms with Gasteiger partial charge in [-0.05, 0) is 31.0 Å². The number of pyridine rings is 1. The fourth-order valence-electron chi connectivity index (χ4n) is 1.79. The first-order valence-corrected chi connectivity index (χ1v) is 5.05.